The van der Waals surface area contributed by atoms with E-state index in [2.05, 4.69) is 4.98 Å². The zero-order valence-electron chi connectivity index (χ0n) is 9.87. The molecule has 0 radical (unpaired) electrons. The van der Waals surface area contributed by atoms with Gasteiger partial charge >= 0.3 is 0 Å². The van der Waals surface area contributed by atoms with Gasteiger partial charge in [-0.3, -0.25) is 9.55 Å². The predicted molar refractivity (Wildman–Crippen MR) is 67.7 cm³/mol. The standard InChI is InChI=1S/C14H12N2O2/c1-10-5-7-13(17)16(10)14-8-6-12(18-14)11-4-2-3-9-15-11/h2-9,17H,1H3. The third-order valence-corrected chi connectivity index (χ3v) is 2.78. The molecule has 18 heavy (non-hydrogen) atoms. The van der Waals surface area contributed by atoms with Gasteiger partial charge in [-0.25, -0.2) is 0 Å². The van der Waals surface area contributed by atoms with Gasteiger partial charge in [-0.1, -0.05) is 6.07 Å². The first-order chi connectivity index (χ1) is 8.75. The van der Waals surface area contributed by atoms with Gasteiger partial charge in [-0.15, -0.1) is 0 Å². The first kappa shape index (κ1) is 10.7. The van der Waals surface area contributed by atoms with Crippen molar-refractivity contribution in [2.24, 2.45) is 0 Å². The van der Waals surface area contributed by atoms with Crippen molar-refractivity contribution in [2.75, 3.05) is 0 Å². The van der Waals surface area contributed by atoms with E-state index in [1.807, 2.05) is 43.3 Å². The van der Waals surface area contributed by atoms with Gasteiger partial charge in [0.2, 0.25) is 5.88 Å². The molecule has 0 aliphatic carbocycles. The van der Waals surface area contributed by atoms with Crippen molar-refractivity contribution in [1.29, 1.82) is 0 Å². The van der Waals surface area contributed by atoms with E-state index in [1.165, 1.54) is 0 Å². The van der Waals surface area contributed by atoms with Gasteiger partial charge in [0.05, 0.1) is 0 Å². The minimum absolute atomic E-state index is 0.162. The Bertz CT molecular complexity index is 649. The Morgan fingerprint density at radius 2 is 2.00 bits per heavy atom. The Labute approximate surface area is 104 Å². The van der Waals surface area contributed by atoms with Crippen molar-refractivity contribution < 1.29 is 9.52 Å². The van der Waals surface area contributed by atoms with E-state index in [1.54, 1.807) is 16.8 Å². The lowest BCUT2D eigenvalue weighted by molar-refractivity contribution is 0.424. The van der Waals surface area contributed by atoms with Crippen molar-refractivity contribution in [1.82, 2.24) is 9.55 Å². The Morgan fingerprint density at radius 3 is 2.67 bits per heavy atom. The number of furan rings is 1. The van der Waals surface area contributed by atoms with Gasteiger partial charge in [0.15, 0.2) is 11.6 Å². The molecule has 0 atom stereocenters. The molecule has 0 amide bonds. The summed E-state index contributed by atoms with van der Waals surface area (Å²) in [5.41, 5.74) is 1.68. The molecule has 0 aliphatic rings. The maximum atomic E-state index is 9.75. The second-order valence-corrected chi connectivity index (χ2v) is 4.02. The maximum Gasteiger partial charge on any atom is 0.207 e. The van der Waals surface area contributed by atoms with Crippen LogP contribution in [-0.2, 0) is 0 Å². The number of nitrogens with zero attached hydrogens (tertiary/aromatic N) is 2. The molecule has 4 heteroatoms. The summed E-state index contributed by atoms with van der Waals surface area (Å²) in [5.74, 6) is 1.42. The van der Waals surface area contributed by atoms with Gasteiger partial charge < -0.3 is 9.52 Å². The van der Waals surface area contributed by atoms with Crippen LogP contribution >= 0.6 is 0 Å². The van der Waals surface area contributed by atoms with Crippen molar-refractivity contribution in [3.63, 3.8) is 0 Å². The molecule has 0 unspecified atom stereocenters. The molecule has 90 valence electrons. The van der Waals surface area contributed by atoms with Gasteiger partial charge in [-0.05, 0) is 31.2 Å². The molecule has 4 nitrogen and oxygen atoms in total. The lowest BCUT2D eigenvalue weighted by atomic mass is 10.3. The summed E-state index contributed by atoms with van der Waals surface area (Å²) in [6, 6.07) is 12.8. The predicted octanol–water partition coefficient (Wildman–Crippen LogP) is 3.15. The Morgan fingerprint density at radius 1 is 1.11 bits per heavy atom. The van der Waals surface area contributed by atoms with E-state index in [0.717, 1.165) is 11.4 Å². The van der Waals surface area contributed by atoms with Crippen LogP contribution in [0.3, 0.4) is 0 Å². The largest absolute Gasteiger partial charge is 0.494 e. The lowest BCUT2D eigenvalue weighted by Crippen LogP contribution is -1.92. The van der Waals surface area contributed by atoms with Crippen LogP contribution in [0.2, 0.25) is 0 Å². The number of hydrogen-bond acceptors (Lipinski definition) is 3. The summed E-state index contributed by atoms with van der Waals surface area (Å²) in [4.78, 5) is 4.22. The molecule has 3 aromatic heterocycles. The van der Waals surface area contributed by atoms with Crippen molar-refractivity contribution in [3.05, 3.63) is 54.4 Å². The Hall–Kier alpha value is -2.49. The average molecular weight is 240 g/mol. The third kappa shape index (κ3) is 1.68. The molecular weight excluding hydrogens is 228 g/mol. The second kappa shape index (κ2) is 4.07. The van der Waals surface area contributed by atoms with Crippen LogP contribution in [-0.4, -0.2) is 14.7 Å². The molecule has 0 spiro atoms. The summed E-state index contributed by atoms with van der Waals surface area (Å²) in [7, 11) is 0. The highest BCUT2D eigenvalue weighted by molar-refractivity contribution is 5.53. The van der Waals surface area contributed by atoms with Crippen LogP contribution in [0.15, 0.2) is 53.1 Å². The highest BCUT2D eigenvalue weighted by Crippen LogP contribution is 2.27. The van der Waals surface area contributed by atoms with E-state index < -0.39 is 0 Å². The molecule has 0 fully saturated rings. The summed E-state index contributed by atoms with van der Waals surface area (Å²) in [6.45, 7) is 1.91. The summed E-state index contributed by atoms with van der Waals surface area (Å²) in [6.07, 6.45) is 1.72. The zero-order valence-corrected chi connectivity index (χ0v) is 9.87. The SMILES string of the molecule is Cc1ccc(O)n1-c1ccc(-c2ccccn2)o1. The first-order valence-electron chi connectivity index (χ1n) is 5.64. The number of rotatable bonds is 2. The Balaban J connectivity index is 2.05. The van der Waals surface area contributed by atoms with E-state index in [4.69, 9.17) is 4.42 Å². The minimum Gasteiger partial charge on any atom is -0.494 e. The minimum atomic E-state index is 0.162. The fourth-order valence-corrected chi connectivity index (χ4v) is 1.91. The van der Waals surface area contributed by atoms with Gasteiger partial charge in [0.25, 0.3) is 0 Å². The number of aryl methyl sites for hydroxylation is 1. The summed E-state index contributed by atoms with van der Waals surface area (Å²) in [5, 5.41) is 9.75. The van der Waals surface area contributed by atoms with Crippen LogP contribution in [0.1, 0.15) is 5.69 Å². The van der Waals surface area contributed by atoms with Crippen LogP contribution < -0.4 is 0 Å². The van der Waals surface area contributed by atoms with E-state index in [0.29, 0.717) is 11.6 Å². The number of hydrogen-bond donors (Lipinski definition) is 1. The van der Waals surface area contributed by atoms with Crippen LogP contribution in [0.25, 0.3) is 17.3 Å². The molecule has 0 saturated heterocycles. The number of aromatic hydroxyl groups is 1. The highest BCUT2D eigenvalue weighted by atomic mass is 16.4. The Kier molecular flexibility index (Phi) is 2.41. The van der Waals surface area contributed by atoms with Crippen molar-refractivity contribution in [2.45, 2.75) is 6.92 Å². The molecule has 0 aliphatic heterocycles. The fraction of sp³-hybridized carbons (Fsp3) is 0.0714. The topological polar surface area (TPSA) is 51.2 Å². The van der Waals surface area contributed by atoms with Gasteiger partial charge in [0, 0.05) is 24.0 Å². The smallest absolute Gasteiger partial charge is 0.207 e. The first-order valence-corrected chi connectivity index (χ1v) is 5.64. The number of pyridine rings is 1. The maximum absolute atomic E-state index is 9.75. The molecule has 0 saturated carbocycles. The summed E-state index contributed by atoms with van der Waals surface area (Å²) < 4.78 is 7.36. The lowest BCUT2D eigenvalue weighted by Gasteiger charge is -2.03. The number of aromatic nitrogens is 2. The monoisotopic (exact) mass is 240 g/mol. The molecule has 3 aromatic rings. The van der Waals surface area contributed by atoms with Crippen LogP contribution in [0, 0.1) is 6.92 Å². The van der Waals surface area contributed by atoms with E-state index >= 15 is 0 Å². The van der Waals surface area contributed by atoms with E-state index in [9.17, 15) is 5.11 Å². The normalized spacial score (nSPS) is 10.7. The quantitative estimate of drug-likeness (QED) is 0.748. The molecular formula is C14H12N2O2. The second-order valence-electron chi connectivity index (χ2n) is 4.02. The van der Waals surface area contributed by atoms with E-state index in [-0.39, 0.29) is 5.88 Å². The average Bonchev–Trinajstić information content (AvgIpc) is 2.98. The molecule has 3 heterocycles. The van der Waals surface area contributed by atoms with Crippen molar-refractivity contribution >= 4 is 0 Å². The van der Waals surface area contributed by atoms with Gasteiger partial charge in [0.1, 0.15) is 5.69 Å². The van der Waals surface area contributed by atoms with Gasteiger partial charge in [-0.2, -0.15) is 0 Å². The van der Waals surface area contributed by atoms with Crippen LogP contribution in [0.5, 0.6) is 5.88 Å². The fourth-order valence-electron chi connectivity index (χ4n) is 1.91. The molecule has 1 N–H and O–H groups in total. The van der Waals surface area contributed by atoms with Crippen LogP contribution in [0.4, 0.5) is 0 Å². The third-order valence-electron chi connectivity index (χ3n) is 2.78. The molecule has 0 aromatic carbocycles. The van der Waals surface area contributed by atoms with Crippen molar-refractivity contribution in [3.8, 4) is 23.2 Å². The highest BCUT2D eigenvalue weighted by Gasteiger charge is 2.11. The molecule has 3 rings (SSSR count). The molecule has 0 bridgehead atoms. The summed E-state index contributed by atoms with van der Waals surface area (Å²) >= 11 is 0. The zero-order chi connectivity index (χ0) is 12.5.